The number of halogens is 1. The maximum Gasteiger partial charge on any atom is 0.410 e. The summed E-state index contributed by atoms with van der Waals surface area (Å²) in [4.78, 5) is 31.9. The number of amides is 2. The Hall–Kier alpha value is -2.48. The number of nitrogens with zero attached hydrogens (tertiary/aromatic N) is 4. The van der Waals surface area contributed by atoms with E-state index in [1.165, 1.54) is 6.92 Å². The molecule has 2 aromatic rings. The first kappa shape index (κ1) is 20.3. The van der Waals surface area contributed by atoms with Gasteiger partial charge in [-0.2, -0.15) is 0 Å². The molecule has 3 rings (SSSR count). The summed E-state index contributed by atoms with van der Waals surface area (Å²) in [5.41, 5.74) is 0.836. The SMILES string of the molecule is CC(=O)NCc1nc2cccc(N3CCN(C(=O)OC(C)(C)C)CC3)n2c1Cl. The van der Waals surface area contributed by atoms with Crippen molar-refractivity contribution in [3.05, 3.63) is 29.0 Å². The number of pyridine rings is 1. The summed E-state index contributed by atoms with van der Waals surface area (Å²) >= 11 is 6.55. The summed E-state index contributed by atoms with van der Waals surface area (Å²) in [6.07, 6.45) is -0.288. The van der Waals surface area contributed by atoms with Crippen LogP contribution < -0.4 is 10.2 Å². The molecule has 0 unspecified atom stereocenters. The second-order valence-electron chi connectivity index (χ2n) is 7.79. The van der Waals surface area contributed by atoms with Gasteiger partial charge in [-0.1, -0.05) is 17.7 Å². The number of fused-ring (bicyclic) bond motifs is 1. The molecule has 1 fully saturated rings. The standard InChI is InChI=1S/C19H26ClN5O3/c1-13(26)21-12-14-17(20)25-15(22-14)6-5-7-16(25)23-8-10-24(11-9-23)18(27)28-19(2,3)4/h5-7H,8-12H2,1-4H3,(H,21,26). The van der Waals surface area contributed by atoms with Crippen LogP contribution in [0.3, 0.4) is 0 Å². The first-order chi connectivity index (χ1) is 13.2. The van der Waals surface area contributed by atoms with Gasteiger partial charge in [0.1, 0.15) is 22.2 Å². The van der Waals surface area contributed by atoms with Crippen molar-refractivity contribution in [2.24, 2.45) is 0 Å². The monoisotopic (exact) mass is 407 g/mol. The Morgan fingerprint density at radius 2 is 1.89 bits per heavy atom. The van der Waals surface area contributed by atoms with Crippen molar-refractivity contribution in [2.75, 3.05) is 31.1 Å². The molecule has 152 valence electrons. The molecule has 0 saturated carbocycles. The molecular weight excluding hydrogens is 382 g/mol. The fourth-order valence-electron chi connectivity index (χ4n) is 3.10. The number of aromatic nitrogens is 2. The third kappa shape index (κ3) is 4.49. The fourth-order valence-corrected chi connectivity index (χ4v) is 3.38. The Labute approximate surface area is 169 Å². The molecule has 28 heavy (non-hydrogen) atoms. The van der Waals surface area contributed by atoms with Crippen molar-refractivity contribution in [3.8, 4) is 0 Å². The predicted octanol–water partition coefficient (Wildman–Crippen LogP) is 2.68. The van der Waals surface area contributed by atoms with Crippen molar-refractivity contribution >= 4 is 35.1 Å². The second kappa shape index (κ2) is 7.87. The molecule has 1 N–H and O–H groups in total. The van der Waals surface area contributed by atoms with Crippen molar-refractivity contribution in [3.63, 3.8) is 0 Å². The van der Waals surface area contributed by atoms with E-state index in [-0.39, 0.29) is 18.5 Å². The molecule has 2 amide bonds. The first-order valence-electron chi connectivity index (χ1n) is 9.29. The number of rotatable bonds is 3. The summed E-state index contributed by atoms with van der Waals surface area (Å²) in [5.74, 6) is 0.777. The van der Waals surface area contributed by atoms with Gasteiger partial charge in [0, 0.05) is 33.1 Å². The van der Waals surface area contributed by atoms with Gasteiger partial charge < -0.3 is 19.9 Å². The number of anilines is 1. The van der Waals surface area contributed by atoms with E-state index in [4.69, 9.17) is 16.3 Å². The van der Waals surface area contributed by atoms with Crippen molar-refractivity contribution in [1.82, 2.24) is 19.6 Å². The zero-order valence-electron chi connectivity index (χ0n) is 16.7. The number of hydrogen-bond donors (Lipinski definition) is 1. The summed E-state index contributed by atoms with van der Waals surface area (Å²) in [6.45, 7) is 9.78. The topological polar surface area (TPSA) is 79.2 Å². The van der Waals surface area contributed by atoms with Crippen LogP contribution in [0.2, 0.25) is 5.15 Å². The lowest BCUT2D eigenvalue weighted by molar-refractivity contribution is -0.119. The average molecular weight is 408 g/mol. The highest BCUT2D eigenvalue weighted by Crippen LogP contribution is 2.26. The quantitative estimate of drug-likeness (QED) is 0.846. The van der Waals surface area contributed by atoms with Gasteiger partial charge in [-0.25, -0.2) is 9.78 Å². The molecule has 1 aliphatic heterocycles. The highest BCUT2D eigenvalue weighted by Gasteiger charge is 2.27. The molecule has 0 bridgehead atoms. The van der Waals surface area contributed by atoms with Crippen molar-refractivity contribution < 1.29 is 14.3 Å². The third-order valence-electron chi connectivity index (χ3n) is 4.39. The number of nitrogens with one attached hydrogen (secondary N) is 1. The molecule has 1 saturated heterocycles. The number of carbonyl (C=O) groups excluding carboxylic acids is 2. The van der Waals surface area contributed by atoms with E-state index in [1.54, 1.807) is 4.90 Å². The van der Waals surface area contributed by atoms with Crippen LogP contribution in [0.1, 0.15) is 33.4 Å². The van der Waals surface area contributed by atoms with Gasteiger partial charge in [-0.05, 0) is 32.9 Å². The van der Waals surface area contributed by atoms with Crippen LogP contribution in [-0.2, 0) is 16.1 Å². The number of ether oxygens (including phenoxy) is 1. The van der Waals surface area contributed by atoms with E-state index in [9.17, 15) is 9.59 Å². The smallest absolute Gasteiger partial charge is 0.410 e. The molecule has 2 aromatic heterocycles. The van der Waals surface area contributed by atoms with E-state index in [0.717, 1.165) is 11.5 Å². The Bertz CT molecular complexity index is 882. The van der Waals surface area contributed by atoms with E-state index < -0.39 is 5.60 Å². The molecule has 0 aromatic carbocycles. The molecule has 9 heteroatoms. The molecule has 0 atom stereocenters. The minimum Gasteiger partial charge on any atom is -0.444 e. The zero-order chi connectivity index (χ0) is 20.5. The molecule has 3 heterocycles. The zero-order valence-corrected chi connectivity index (χ0v) is 17.4. The molecule has 1 aliphatic rings. The van der Waals surface area contributed by atoms with Gasteiger partial charge in [-0.15, -0.1) is 0 Å². The molecule has 8 nitrogen and oxygen atoms in total. The Morgan fingerprint density at radius 3 is 2.50 bits per heavy atom. The number of piperazine rings is 1. The van der Waals surface area contributed by atoms with Crippen LogP contribution >= 0.6 is 11.6 Å². The number of carbonyl (C=O) groups is 2. The predicted molar refractivity (Wildman–Crippen MR) is 108 cm³/mol. The van der Waals surface area contributed by atoms with E-state index in [0.29, 0.717) is 37.0 Å². The first-order valence-corrected chi connectivity index (χ1v) is 9.66. The maximum atomic E-state index is 12.3. The van der Waals surface area contributed by atoms with E-state index in [1.807, 2.05) is 43.4 Å². The third-order valence-corrected chi connectivity index (χ3v) is 4.78. The Morgan fingerprint density at radius 1 is 1.21 bits per heavy atom. The summed E-state index contributed by atoms with van der Waals surface area (Å²) in [6, 6.07) is 5.78. The van der Waals surface area contributed by atoms with Crippen LogP contribution in [0.5, 0.6) is 0 Å². The summed E-state index contributed by atoms with van der Waals surface area (Å²) in [5, 5.41) is 3.21. The van der Waals surface area contributed by atoms with Crippen LogP contribution in [-0.4, -0.2) is 58.1 Å². The van der Waals surface area contributed by atoms with Crippen LogP contribution in [0.15, 0.2) is 18.2 Å². The van der Waals surface area contributed by atoms with Crippen molar-refractivity contribution in [1.29, 1.82) is 0 Å². The Kier molecular flexibility index (Phi) is 5.69. The molecule has 0 radical (unpaired) electrons. The lowest BCUT2D eigenvalue weighted by atomic mass is 10.2. The summed E-state index contributed by atoms with van der Waals surface area (Å²) in [7, 11) is 0. The Balaban J connectivity index is 1.76. The van der Waals surface area contributed by atoms with Crippen molar-refractivity contribution in [2.45, 2.75) is 39.8 Å². The minimum absolute atomic E-state index is 0.133. The number of imidazole rings is 1. The molecular formula is C19H26ClN5O3. The summed E-state index contributed by atoms with van der Waals surface area (Å²) < 4.78 is 7.33. The normalized spacial score (nSPS) is 15.0. The van der Waals surface area contributed by atoms with Crippen LogP contribution in [0, 0.1) is 0 Å². The lowest BCUT2D eigenvalue weighted by Crippen LogP contribution is -2.50. The minimum atomic E-state index is -0.506. The second-order valence-corrected chi connectivity index (χ2v) is 8.15. The largest absolute Gasteiger partial charge is 0.444 e. The lowest BCUT2D eigenvalue weighted by Gasteiger charge is -2.36. The van der Waals surface area contributed by atoms with E-state index >= 15 is 0 Å². The van der Waals surface area contributed by atoms with Gasteiger partial charge in [0.15, 0.2) is 0 Å². The van der Waals surface area contributed by atoms with Gasteiger partial charge >= 0.3 is 6.09 Å². The molecule has 0 spiro atoms. The van der Waals surface area contributed by atoms with Gasteiger partial charge in [0.25, 0.3) is 0 Å². The van der Waals surface area contributed by atoms with Gasteiger partial charge in [0.05, 0.1) is 12.2 Å². The van der Waals surface area contributed by atoms with Gasteiger partial charge in [0.2, 0.25) is 5.91 Å². The van der Waals surface area contributed by atoms with Gasteiger partial charge in [-0.3, -0.25) is 9.20 Å². The molecule has 0 aliphatic carbocycles. The van der Waals surface area contributed by atoms with E-state index in [2.05, 4.69) is 15.2 Å². The maximum absolute atomic E-state index is 12.3. The van der Waals surface area contributed by atoms with Crippen LogP contribution in [0.25, 0.3) is 5.65 Å². The highest BCUT2D eigenvalue weighted by molar-refractivity contribution is 6.30. The fraction of sp³-hybridized carbons (Fsp3) is 0.526. The number of hydrogen-bond acceptors (Lipinski definition) is 5. The highest BCUT2D eigenvalue weighted by atomic mass is 35.5. The average Bonchev–Trinajstić information content (AvgIpc) is 2.95. The van der Waals surface area contributed by atoms with Crippen LogP contribution in [0.4, 0.5) is 10.6 Å².